The van der Waals surface area contributed by atoms with E-state index in [0.29, 0.717) is 6.42 Å². The molecule has 0 aliphatic carbocycles. The molecular weight excluding hydrogens is 443 g/mol. The minimum absolute atomic E-state index is 0.234. The molecule has 0 aliphatic heterocycles. The van der Waals surface area contributed by atoms with Gasteiger partial charge in [-0.25, -0.2) is 0 Å². The van der Waals surface area contributed by atoms with Crippen LogP contribution in [0.3, 0.4) is 0 Å². The number of rotatable bonds is 6. The highest BCUT2D eigenvalue weighted by Crippen LogP contribution is 2.19. The highest BCUT2D eigenvalue weighted by atomic mass is 127. The Hall–Kier alpha value is -2.35. The van der Waals surface area contributed by atoms with Crippen molar-refractivity contribution >= 4 is 51.1 Å². The third-order valence-corrected chi connectivity index (χ3v) is 4.77. The number of aromatic amines is 1. The van der Waals surface area contributed by atoms with Gasteiger partial charge in [-0.1, -0.05) is 18.2 Å². The highest BCUT2D eigenvalue weighted by Gasteiger charge is 2.11. The summed E-state index contributed by atoms with van der Waals surface area (Å²) in [6.07, 6.45) is 2.71. The second-order valence-electron chi connectivity index (χ2n) is 6.03. The zero-order valence-electron chi connectivity index (χ0n) is 14.3. The number of hydrogen-bond donors (Lipinski definition) is 2. The fourth-order valence-electron chi connectivity index (χ4n) is 2.75. The zero-order valence-corrected chi connectivity index (χ0v) is 16.5. The second-order valence-corrected chi connectivity index (χ2v) is 7.27. The van der Waals surface area contributed by atoms with Crippen molar-refractivity contribution in [1.29, 1.82) is 0 Å². The van der Waals surface area contributed by atoms with E-state index in [2.05, 4.69) is 32.9 Å². The van der Waals surface area contributed by atoms with Gasteiger partial charge in [-0.05, 0) is 71.3 Å². The number of amides is 1. The summed E-state index contributed by atoms with van der Waals surface area (Å²) in [5.74, 6) is -0.723. The van der Waals surface area contributed by atoms with Gasteiger partial charge in [0.25, 0.3) is 5.91 Å². The Morgan fingerprint density at radius 2 is 2.00 bits per heavy atom. The monoisotopic (exact) mass is 462 g/mol. The normalized spacial score (nSPS) is 10.7. The van der Waals surface area contributed by atoms with E-state index in [0.717, 1.165) is 31.3 Å². The van der Waals surface area contributed by atoms with Crippen LogP contribution in [0.1, 0.15) is 17.5 Å². The molecule has 0 radical (unpaired) electrons. The Labute approximate surface area is 165 Å². The minimum atomic E-state index is -0.384. The number of anilines is 1. The first-order valence-corrected chi connectivity index (χ1v) is 9.37. The molecule has 0 spiro atoms. The lowest BCUT2D eigenvalue weighted by Crippen LogP contribution is -2.21. The number of carbonyl (C=O) groups excluding carboxylic acids is 2. The summed E-state index contributed by atoms with van der Waals surface area (Å²) in [5.41, 5.74) is 3.81. The molecule has 0 bridgehead atoms. The maximum Gasteiger partial charge on any atom is 0.306 e. The summed E-state index contributed by atoms with van der Waals surface area (Å²) >= 11 is 2.22. The Kier molecular flexibility index (Phi) is 5.92. The van der Waals surface area contributed by atoms with Gasteiger partial charge in [0.2, 0.25) is 0 Å². The Morgan fingerprint density at radius 1 is 1.19 bits per heavy atom. The van der Waals surface area contributed by atoms with Crippen molar-refractivity contribution in [3.8, 4) is 0 Å². The maximum atomic E-state index is 12.0. The third kappa shape index (κ3) is 4.63. The lowest BCUT2D eigenvalue weighted by molar-refractivity contribution is -0.147. The summed E-state index contributed by atoms with van der Waals surface area (Å²) in [4.78, 5) is 27.1. The van der Waals surface area contributed by atoms with Crippen molar-refractivity contribution in [3.63, 3.8) is 0 Å². The first-order valence-electron chi connectivity index (χ1n) is 8.29. The number of esters is 1. The van der Waals surface area contributed by atoms with Crippen LogP contribution in [0.25, 0.3) is 10.9 Å². The number of halogens is 1. The average Bonchev–Trinajstić information content (AvgIpc) is 3.04. The molecule has 0 atom stereocenters. The second kappa shape index (κ2) is 8.35. The standard InChI is InChI=1S/C20H19IN2O3/c1-13-10-15(21)7-8-17(13)23-19(24)12-26-20(25)9-6-14-11-22-18-5-3-2-4-16(14)18/h2-5,7-8,10-11,22H,6,9,12H2,1H3,(H,23,24). The van der Waals surface area contributed by atoms with Crippen molar-refractivity contribution in [1.82, 2.24) is 4.98 Å². The maximum absolute atomic E-state index is 12.0. The van der Waals surface area contributed by atoms with Crippen LogP contribution in [0.4, 0.5) is 5.69 Å². The number of aryl methyl sites for hydroxylation is 2. The molecule has 5 nitrogen and oxygen atoms in total. The number of para-hydroxylation sites is 1. The quantitative estimate of drug-likeness (QED) is 0.426. The number of ether oxygens (including phenoxy) is 1. The summed E-state index contributed by atoms with van der Waals surface area (Å²) in [6.45, 7) is 1.64. The molecule has 0 fully saturated rings. The molecule has 26 heavy (non-hydrogen) atoms. The molecule has 134 valence electrons. The molecule has 3 rings (SSSR count). The number of hydrogen-bond acceptors (Lipinski definition) is 3. The topological polar surface area (TPSA) is 71.2 Å². The van der Waals surface area contributed by atoms with Crippen LogP contribution in [0.5, 0.6) is 0 Å². The van der Waals surface area contributed by atoms with E-state index in [1.54, 1.807) is 0 Å². The van der Waals surface area contributed by atoms with E-state index in [-0.39, 0.29) is 24.9 Å². The molecule has 1 heterocycles. The van der Waals surface area contributed by atoms with E-state index in [1.165, 1.54) is 0 Å². The molecule has 1 amide bonds. The predicted molar refractivity (Wildman–Crippen MR) is 110 cm³/mol. The zero-order chi connectivity index (χ0) is 18.5. The molecule has 2 N–H and O–H groups in total. The molecule has 0 unspecified atom stereocenters. The van der Waals surface area contributed by atoms with Gasteiger partial charge in [0, 0.05) is 32.8 Å². The first kappa shape index (κ1) is 18.4. The minimum Gasteiger partial charge on any atom is -0.456 e. The summed E-state index contributed by atoms with van der Waals surface area (Å²) in [5, 5.41) is 3.87. The SMILES string of the molecule is Cc1cc(I)ccc1NC(=O)COC(=O)CCc1c[nH]c2ccccc12. The lowest BCUT2D eigenvalue weighted by Gasteiger charge is -2.09. The van der Waals surface area contributed by atoms with Gasteiger partial charge in [0.15, 0.2) is 6.61 Å². The van der Waals surface area contributed by atoms with Gasteiger partial charge in [0.1, 0.15) is 0 Å². The van der Waals surface area contributed by atoms with Crippen LogP contribution in [0.2, 0.25) is 0 Å². The van der Waals surface area contributed by atoms with Gasteiger partial charge < -0.3 is 15.0 Å². The smallest absolute Gasteiger partial charge is 0.306 e. The van der Waals surface area contributed by atoms with Crippen molar-refractivity contribution in [2.75, 3.05) is 11.9 Å². The molecular formula is C20H19IN2O3. The van der Waals surface area contributed by atoms with Crippen LogP contribution in [-0.2, 0) is 20.7 Å². The summed E-state index contributed by atoms with van der Waals surface area (Å²) < 4.78 is 6.19. The Bertz CT molecular complexity index is 949. The number of aromatic nitrogens is 1. The first-order chi connectivity index (χ1) is 12.5. The number of nitrogens with one attached hydrogen (secondary N) is 2. The van der Waals surface area contributed by atoms with Crippen LogP contribution >= 0.6 is 22.6 Å². The number of benzene rings is 2. The van der Waals surface area contributed by atoms with Gasteiger partial charge >= 0.3 is 5.97 Å². The van der Waals surface area contributed by atoms with Crippen molar-refractivity contribution in [2.24, 2.45) is 0 Å². The van der Waals surface area contributed by atoms with E-state index in [9.17, 15) is 9.59 Å². The van der Waals surface area contributed by atoms with E-state index < -0.39 is 0 Å². The third-order valence-electron chi connectivity index (χ3n) is 4.10. The lowest BCUT2D eigenvalue weighted by atomic mass is 10.1. The van der Waals surface area contributed by atoms with Gasteiger partial charge in [-0.3, -0.25) is 9.59 Å². The molecule has 2 aromatic carbocycles. The molecule has 0 saturated heterocycles. The van der Waals surface area contributed by atoms with E-state index in [1.807, 2.05) is 55.6 Å². The fraction of sp³-hybridized carbons (Fsp3) is 0.200. The van der Waals surface area contributed by atoms with Crippen LogP contribution in [-0.4, -0.2) is 23.5 Å². The Morgan fingerprint density at radius 3 is 2.81 bits per heavy atom. The summed E-state index contributed by atoms with van der Waals surface area (Å²) in [6, 6.07) is 13.7. The number of carbonyl (C=O) groups is 2. The van der Waals surface area contributed by atoms with Gasteiger partial charge in [-0.2, -0.15) is 0 Å². The molecule has 6 heteroatoms. The fourth-order valence-corrected chi connectivity index (χ4v) is 3.39. The van der Waals surface area contributed by atoms with E-state index >= 15 is 0 Å². The van der Waals surface area contributed by atoms with Crippen molar-refractivity contribution in [3.05, 3.63) is 63.4 Å². The van der Waals surface area contributed by atoms with Gasteiger partial charge in [0.05, 0.1) is 0 Å². The van der Waals surface area contributed by atoms with Crippen LogP contribution < -0.4 is 5.32 Å². The predicted octanol–water partition coefficient (Wildman–Crippen LogP) is 4.20. The van der Waals surface area contributed by atoms with E-state index in [4.69, 9.17) is 4.74 Å². The highest BCUT2D eigenvalue weighted by molar-refractivity contribution is 14.1. The molecule has 3 aromatic rings. The average molecular weight is 462 g/mol. The Balaban J connectivity index is 1.47. The molecule has 0 saturated carbocycles. The van der Waals surface area contributed by atoms with Crippen LogP contribution in [0, 0.1) is 10.5 Å². The molecule has 1 aromatic heterocycles. The number of fused-ring (bicyclic) bond motifs is 1. The summed E-state index contributed by atoms with van der Waals surface area (Å²) in [7, 11) is 0. The van der Waals surface area contributed by atoms with Gasteiger partial charge in [-0.15, -0.1) is 0 Å². The van der Waals surface area contributed by atoms with Crippen LogP contribution in [0.15, 0.2) is 48.7 Å². The van der Waals surface area contributed by atoms with Crippen molar-refractivity contribution in [2.45, 2.75) is 19.8 Å². The largest absolute Gasteiger partial charge is 0.456 e. The number of H-pyrrole nitrogens is 1. The molecule has 0 aliphatic rings. The van der Waals surface area contributed by atoms with Crippen molar-refractivity contribution < 1.29 is 14.3 Å².